The fraction of sp³-hybridized carbons (Fsp3) is 0.312. The molecule has 37 heavy (non-hydrogen) atoms. The zero-order valence-electron chi connectivity index (χ0n) is 22.7. The van der Waals surface area contributed by atoms with Crippen molar-refractivity contribution in [1.82, 2.24) is 0 Å². The average Bonchev–Trinajstić information content (AvgIpc) is 2.92. The van der Waals surface area contributed by atoms with Gasteiger partial charge in [-0.2, -0.15) is 0 Å². The third kappa shape index (κ3) is 6.03. The molecule has 0 fully saturated rings. The van der Waals surface area contributed by atoms with Crippen LogP contribution < -0.4 is 5.19 Å². The van der Waals surface area contributed by atoms with E-state index in [9.17, 15) is 9.59 Å². The van der Waals surface area contributed by atoms with Crippen molar-refractivity contribution < 1.29 is 19.1 Å². The fourth-order valence-electron chi connectivity index (χ4n) is 4.90. The molecule has 0 spiro atoms. The first-order valence-electron chi connectivity index (χ1n) is 12.8. The SMILES string of the molecule is CCCc1c(CCC)c(-c2ccccc2)c([Si](C)(C)C#Cc2ccccc2)c(C(=O)OC)c1C(=O)OC. The maximum atomic E-state index is 13.5. The third-order valence-electron chi connectivity index (χ3n) is 6.48. The van der Waals surface area contributed by atoms with E-state index >= 15 is 0 Å². The molecule has 0 aliphatic carbocycles. The van der Waals surface area contributed by atoms with Gasteiger partial charge in [0.25, 0.3) is 0 Å². The molecule has 0 saturated carbocycles. The van der Waals surface area contributed by atoms with Crippen LogP contribution in [0.1, 0.15) is 64.1 Å². The number of carbonyl (C=O) groups excluding carboxylic acids is 2. The van der Waals surface area contributed by atoms with Crippen LogP contribution in [0.3, 0.4) is 0 Å². The Morgan fingerprint density at radius 2 is 1.27 bits per heavy atom. The van der Waals surface area contributed by atoms with Crippen molar-refractivity contribution in [2.24, 2.45) is 0 Å². The largest absolute Gasteiger partial charge is 0.465 e. The third-order valence-corrected chi connectivity index (χ3v) is 8.98. The van der Waals surface area contributed by atoms with Crippen molar-refractivity contribution in [2.75, 3.05) is 14.2 Å². The second-order valence-electron chi connectivity index (χ2n) is 9.55. The van der Waals surface area contributed by atoms with Crippen LogP contribution in [0.25, 0.3) is 11.1 Å². The molecule has 0 radical (unpaired) electrons. The molecule has 0 heterocycles. The van der Waals surface area contributed by atoms with Crippen LogP contribution in [0.4, 0.5) is 0 Å². The van der Waals surface area contributed by atoms with Gasteiger partial charge in [-0.1, -0.05) is 94.2 Å². The highest BCUT2D eigenvalue weighted by atomic mass is 28.3. The van der Waals surface area contributed by atoms with Gasteiger partial charge in [0.15, 0.2) is 8.07 Å². The maximum Gasteiger partial charge on any atom is 0.339 e. The van der Waals surface area contributed by atoms with E-state index in [0.29, 0.717) is 17.5 Å². The van der Waals surface area contributed by atoms with E-state index in [2.05, 4.69) is 50.5 Å². The first kappa shape index (κ1) is 28.0. The van der Waals surface area contributed by atoms with Crippen molar-refractivity contribution in [2.45, 2.75) is 52.6 Å². The lowest BCUT2D eigenvalue weighted by Crippen LogP contribution is -2.47. The molecule has 0 aliphatic rings. The zero-order valence-corrected chi connectivity index (χ0v) is 23.7. The topological polar surface area (TPSA) is 52.6 Å². The van der Waals surface area contributed by atoms with Crippen LogP contribution in [0, 0.1) is 11.5 Å². The number of hydrogen-bond donors (Lipinski definition) is 0. The van der Waals surface area contributed by atoms with Crippen LogP contribution in [-0.4, -0.2) is 34.2 Å². The van der Waals surface area contributed by atoms with Gasteiger partial charge in [-0.25, -0.2) is 9.59 Å². The number of rotatable bonds is 8. The summed E-state index contributed by atoms with van der Waals surface area (Å²) < 4.78 is 10.6. The summed E-state index contributed by atoms with van der Waals surface area (Å²) in [5, 5.41) is 0.831. The molecular weight excluding hydrogens is 476 g/mol. The van der Waals surface area contributed by atoms with Gasteiger partial charge in [-0.15, -0.1) is 5.54 Å². The minimum atomic E-state index is -2.68. The second-order valence-corrected chi connectivity index (χ2v) is 13.5. The molecule has 0 aromatic heterocycles. The molecule has 3 rings (SSSR count). The van der Waals surface area contributed by atoms with Gasteiger partial charge in [0.1, 0.15) is 0 Å². The van der Waals surface area contributed by atoms with Gasteiger partial charge in [-0.05, 0) is 52.4 Å². The number of carbonyl (C=O) groups is 2. The molecule has 0 saturated heterocycles. The highest BCUT2D eigenvalue weighted by molar-refractivity contribution is 6.98. The molecule has 0 unspecified atom stereocenters. The predicted molar refractivity (Wildman–Crippen MR) is 153 cm³/mol. The van der Waals surface area contributed by atoms with E-state index in [4.69, 9.17) is 9.47 Å². The molecule has 0 amide bonds. The van der Waals surface area contributed by atoms with E-state index < -0.39 is 20.0 Å². The monoisotopic (exact) mass is 512 g/mol. The molecule has 3 aromatic rings. The summed E-state index contributed by atoms with van der Waals surface area (Å²) in [4.78, 5) is 26.9. The molecule has 0 aliphatic heterocycles. The normalized spacial score (nSPS) is 10.9. The van der Waals surface area contributed by atoms with Crippen molar-refractivity contribution >= 4 is 25.2 Å². The van der Waals surface area contributed by atoms with Gasteiger partial charge in [0.05, 0.1) is 25.3 Å². The molecule has 0 atom stereocenters. The predicted octanol–water partition coefficient (Wildman–Crippen LogP) is 6.34. The second kappa shape index (κ2) is 12.6. The molecule has 3 aromatic carbocycles. The van der Waals surface area contributed by atoms with Crippen LogP contribution in [-0.2, 0) is 22.3 Å². The first-order valence-corrected chi connectivity index (χ1v) is 15.8. The Bertz CT molecular complexity index is 1320. The van der Waals surface area contributed by atoms with Crippen molar-refractivity contribution in [1.29, 1.82) is 0 Å². The number of ether oxygens (including phenoxy) is 2. The standard InChI is InChI=1S/C32H36O4Si/c1-7-15-25-26(16-8-2)28(31(33)35-3)29(32(34)36-4)30(27(25)24-19-13-10-14-20-24)37(5,6)22-21-23-17-11-9-12-18-23/h9-14,17-20H,7-8,15-16H2,1-6H3. The van der Waals surface area contributed by atoms with E-state index in [1.165, 1.54) is 14.2 Å². The van der Waals surface area contributed by atoms with Crippen LogP contribution >= 0.6 is 0 Å². The highest BCUT2D eigenvalue weighted by Gasteiger charge is 2.38. The summed E-state index contributed by atoms with van der Waals surface area (Å²) >= 11 is 0. The molecular formula is C32H36O4Si. The lowest BCUT2D eigenvalue weighted by atomic mass is 9.84. The molecule has 0 N–H and O–H groups in total. The Hall–Kier alpha value is -3.62. The summed E-state index contributed by atoms with van der Waals surface area (Å²) in [6, 6.07) is 20.0. The first-order chi connectivity index (χ1) is 17.8. The summed E-state index contributed by atoms with van der Waals surface area (Å²) in [5.41, 5.74) is 9.10. The Morgan fingerprint density at radius 1 is 0.757 bits per heavy atom. The minimum absolute atomic E-state index is 0.301. The lowest BCUT2D eigenvalue weighted by Gasteiger charge is -2.30. The zero-order chi connectivity index (χ0) is 27.0. The minimum Gasteiger partial charge on any atom is -0.465 e. The van der Waals surface area contributed by atoms with Gasteiger partial charge in [-0.3, -0.25) is 0 Å². The summed E-state index contributed by atoms with van der Waals surface area (Å²) in [6.45, 7) is 8.48. The molecule has 0 bridgehead atoms. The van der Waals surface area contributed by atoms with E-state index in [0.717, 1.165) is 52.3 Å². The summed E-state index contributed by atoms with van der Waals surface area (Å²) in [7, 11) is 0.0432. The van der Waals surface area contributed by atoms with E-state index in [1.807, 2.05) is 48.5 Å². The summed E-state index contributed by atoms with van der Waals surface area (Å²) in [5.74, 6) is 2.30. The number of methoxy groups -OCH3 is 2. The highest BCUT2D eigenvalue weighted by Crippen LogP contribution is 2.35. The lowest BCUT2D eigenvalue weighted by molar-refractivity contribution is 0.0555. The maximum absolute atomic E-state index is 13.5. The van der Waals surface area contributed by atoms with Gasteiger partial charge in [0, 0.05) is 5.56 Å². The fourth-order valence-corrected chi connectivity index (χ4v) is 7.25. The Morgan fingerprint density at radius 3 is 1.81 bits per heavy atom. The van der Waals surface area contributed by atoms with E-state index in [1.54, 1.807) is 0 Å². The average molecular weight is 513 g/mol. The number of benzene rings is 3. The Kier molecular flexibility index (Phi) is 9.49. The number of esters is 2. The van der Waals surface area contributed by atoms with Gasteiger partial charge >= 0.3 is 11.9 Å². The van der Waals surface area contributed by atoms with E-state index in [-0.39, 0.29) is 0 Å². The quantitative estimate of drug-likeness (QED) is 0.201. The molecule has 192 valence electrons. The van der Waals surface area contributed by atoms with Crippen LogP contribution in [0.5, 0.6) is 0 Å². The van der Waals surface area contributed by atoms with Gasteiger partial charge < -0.3 is 9.47 Å². The van der Waals surface area contributed by atoms with Crippen LogP contribution in [0.15, 0.2) is 60.7 Å². The van der Waals surface area contributed by atoms with Gasteiger partial charge in [0.2, 0.25) is 0 Å². The van der Waals surface area contributed by atoms with Crippen molar-refractivity contribution in [3.05, 3.63) is 88.5 Å². The Balaban J connectivity index is 2.58. The summed E-state index contributed by atoms with van der Waals surface area (Å²) in [6.07, 6.45) is 3.14. The Labute approximate surface area is 222 Å². The number of hydrogen-bond acceptors (Lipinski definition) is 4. The van der Waals surface area contributed by atoms with Crippen LogP contribution in [0.2, 0.25) is 13.1 Å². The van der Waals surface area contributed by atoms with Crippen molar-refractivity contribution in [3.8, 4) is 22.6 Å². The smallest absolute Gasteiger partial charge is 0.339 e. The molecule has 4 nitrogen and oxygen atoms in total. The van der Waals surface area contributed by atoms with Crippen molar-refractivity contribution in [3.63, 3.8) is 0 Å². The molecule has 5 heteroatoms.